The maximum absolute atomic E-state index is 4.32. The molecule has 2 aliphatic carbocycles. The highest BCUT2D eigenvalue weighted by Gasteiger charge is 2.40. The topological polar surface area (TPSA) is 0 Å². The van der Waals surface area contributed by atoms with Crippen molar-refractivity contribution < 1.29 is 0 Å². The predicted molar refractivity (Wildman–Crippen MR) is 66.7 cm³/mol. The summed E-state index contributed by atoms with van der Waals surface area (Å²) in [4.78, 5) is 0. The Hall–Kier alpha value is -0.520. The van der Waals surface area contributed by atoms with Crippen LogP contribution >= 0.6 is 0 Å². The Morgan fingerprint density at radius 2 is 2.07 bits per heavy atom. The molecule has 0 aromatic rings. The number of allylic oxidation sites excluding steroid dienone is 3. The van der Waals surface area contributed by atoms with Crippen molar-refractivity contribution in [1.82, 2.24) is 0 Å². The molecule has 0 heteroatoms. The molecular weight excluding hydrogens is 180 g/mol. The molecule has 0 heterocycles. The average molecular weight is 204 g/mol. The number of hydrogen-bond acceptors (Lipinski definition) is 0. The monoisotopic (exact) mass is 204 g/mol. The highest BCUT2D eigenvalue weighted by atomic mass is 14.4. The van der Waals surface area contributed by atoms with Crippen molar-refractivity contribution in [2.45, 2.75) is 52.9 Å². The highest BCUT2D eigenvalue weighted by Crippen LogP contribution is 2.51. The van der Waals surface area contributed by atoms with E-state index in [1.165, 1.54) is 37.7 Å². The highest BCUT2D eigenvalue weighted by molar-refractivity contribution is 5.15. The predicted octanol–water partition coefficient (Wildman–Crippen LogP) is 4.73. The summed E-state index contributed by atoms with van der Waals surface area (Å²) in [5, 5.41) is 0. The molecule has 84 valence electrons. The lowest BCUT2D eigenvalue weighted by atomic mass is 9.81. The third kappa shape index (κ3) is 2.35. The van der Waals surface area contributed by atoms with E-state index in [9.17, 15) is 0 Å². The SMILES string of the molecule is C=C1CC/C=C(/C)C[C@H]2CC(C)(C)C[C@H]12. The van der Waals surface area contributed by atoms with E-state index in [2.05, 4.69) is 33.4 Å². The third-order valence-corrected chi connectivity index (χ3v) is 4.22. The Labute approximate surface area is 94.5 Å². The van der Waals surface area contributed by atoms with E-state index in [1.807, 2.05) is 0 Å². The van der Waals surface area contributed by atoms with Crippen molar-refractivity contribution in [3.8, 4) is 0 Å². The molecule has 0 aliphatic heterocycles. The van der Waals surface area contributed by atoms with Gasteiger partial charge in [0, 0.05) is 0 Å². The lowest BCUT2D eigenvalue weighted by Crippen LogP contribution is -2.12. The molecule has 0 unspecified atom stereocenters. The molecule has 0 radical (unpaired) electrons. The maximum Gasteiger partial charge on any atom is -0.0169 e. The van der Waals surface area contributed by atoms with Crippen LogP contribution in [0, 0.1) is 17.3 Å². The zero-order chi connectivity index (χ0) is 11.1. The van der Waals surface area contributed by atoms with Gasteiger partial charge >= 0.3 is 0 Å². The normalized spacial score (nSPS) is 38.9. The van der Waals surface area contributed by atoms with Crippen LogP contribution in [0.1, 0.15) is 52.9 Å². The molecule has 2 atom stereocenters. The lowest BCUT2D eigenvalue weighted by molar-refractivity contribution is 0.359. The van der Waals surface area contributed by atoms with Gasteiger partial charge in [-0.25, -0.2) is 0 Å². The largest absolute Gasteiger partial charge is 0.0996 e. The fraction of sp³-hybridized carbons (Fsp3) is 0.733. The molecule has 0 N–H and O–H groups in total. The van der Waals surface area contributed by atoms with Crippen molar-refractivity contribution in [3.05, 3.63) is 23.8 Å². The van der Waals surface area contributed by atoms with Gasteiger partial charge in [-0.3, -0.25) is 0 Å². The van der Waals surface area contributed by atoms with Gasteiger partial charge in [-0.1, -0.05) is 37.6 Å². The molecule has 0 spiro atoms. The van der Waals surface area contributed by atoms with Crippen LogP contribution in [0.2, 0.25) is 0 Å². The van der Waals surface area contributed by atoms with Gasteiger partial charge in [-0.05, 0) is 56.3 Å². The number of hydrogen-bond donors (Lipinski definition) is 0. The van der Waals surface area contributed by atoms with Gasteiger partial charge in [0.15, 0.2) is 0 Å². The Morgan fingerprint density at radius 3 is 2.80 bits per heavy atom. The van der Waals surface area contributed by atoms with Crippen LogP contribution in [0.4, 0.5) is 0 Å². The Kier molecular flexibility index (Phi) is 2.79. The van der Waals surface area contributed by atoms with Crippen LogP contribution in [-0.4, -0.2) is 0 Å². The molecule has 0 aromatic heterocycles. The van der Waals surface area contributed by atoms with Gasteiger partial charge in [0.05, 0.1) is 0 Å². The van der Waals surface area contributed by atoms with Crippen LogP contribution in [0.15, 0.2) is 23.8 Å². The maximum atomic E-state index is 4.32. The van der Waals surface area contributed by atoms with E-state index in [-0.39, 0.29) is 0 Å². The number of fused-ring (bicyclic) bond motifs is 1. The molecule has 1 fully saturated rings. The molecule has 0 aromatic carbocycles. The van der Waals surface area contributed by atoms with E-state index in [0.29, 0.717) is 5.41 Å². The first-order valence-corrected chi connectivity index (χ1v) is 6.31. The summed E-state index contributed by atoms with van der Waals surface area (Å²) < 4.78 is 0. The van der Waals surface area contributed by atoms with Gasteiger partial charge in [-0.15, -0.1) is 0 Å². The van der Waals surface area contributed by atoms with Crippen LogP contribution in [-0.2, 0) is 0 Å². The van der Waals surface area contributed by atoms with Gasteiger partial charge < -0.3 is 0 Å². The van der Waals surface area contributed by atoms with Crippen molar-refractivity contribution in [2.75, 3.05) is 0 Å². The first-order chi connectivity index (χ1) is 6.98. The van der Waals surface area contributed by atoms with Crippen LogP contribution in [0.3, 0.4) is 0 Å². The van der Waals surface area contributed by atoms with E-state index in [4.69, 9.17) is 0 Å². The molecule has 0 amide bonds. The van der Waals surface area contributed by atoms with Gasteiger partial charge in [0.1, 0.15) is 0 Å². The van der Waals surface area contributed by atoms with Crippen LogP contribution in [0.5, 0.6) is 0 Å². The quantitative estimate of drug-likeness (QED) is 0.501. The first-order valence-electron chi connectivity index (χ1n) is 6.31. The standard InChI is InChI=1S/C15H24/c1-11-6-5-7-12(2)14-10-15(3,4)9-13(14)8-11/h6,13-14H,2,5,7-10H2,1,3-4H3/b11-6-/t13-,14+/m0/s1. The van der Waals surface area contributed by atoms with E-state index in [1.54, 1.807) is 5.57 Å². The molecule has 0 nitrogen and oxygen atoms in total. The molecule has 0 bridgehead atoms. The minimum absolute atomic E-state index is 0.545. The summed E-state index contributed by atoms with van der Waals surface area (Å²) in [7, 11) is 0. The fourth-order valence-corrected chi connectivity index (χ4v) is 3.58. The minimum Gasteiger partial charge on any atom is -0.0996 e. The van der Waals surface area contributed by atoms with Crippen molar-refractivity contribution >= 4 is 0 Å². The summed E-state index contributed by atoms with van der Waals surface area (Å²) in [5.74, 6) is 1.69. The summed E-state index contributed by atoms with van der Waals surface area (Å²) in [6.07, 6.45) is 8.92. The number of rotatable bonds is 0. The fourth-order valence-electron chi connectivity index (χ4n) is 3.58. The second-order valence-corrected chi connectivity index (χ2v) is 6.39. The van der Waals surface area contributed by atoms with E-state index >= 15 is 0 Å². The molecule has 2 rings (SSSR count). The summed E-state index contributed by atoms with van der Waals surface area (Å²) in [5.41, 5.74) is 3.67. The average Bonchev–Trinajstić information content (AvgIpc) is 2.39. The van der Waals surface area contributed by atoms with Gasteiger partial charge in [0.2, 0.25) is 0 Å². The molecular formula is C15H24. The Morgan fingerprint density at radius 1 is 1.33 bits per heavy atom. The van der Waals surface area contributed by atoms with Gasteiger partial charge in [-0.2, -0.15) is 0 Å². The molecule has 0 saturated heterocycles. The lowest BCUT2D eigenvalue weighted by Gasteiger charge is -2.24. The summed E-state index contributed by atoms with van der Waals surface area (Å²) in [6.45, 7) is 11.5. The zero-order valence-electron chi connectivity index (χ0n) is 10.5. The van der Waals surface area contributed by atoms with Crippen LogP contribution in [0.25, 0.3) is 0 Å². The zero-order valence-corrected chi connectivity index (χ0v) is 10.5. The van der Waals surface area contributed by atoms with Crippen molar-refractivity contribution in [1.29, 1.82) is 0 Å². The molecule has 15 heavy (non-hydrogen) atoms. The first kappa shape index (κ1) is 11.0. The third-order valence-electron chi connectivity index (χ3n) is 4.22. The smallest absolute Gasteiger partial charge is 0.0169 e. The van der Waals surface area contributed by atoms with E-state index < -0.39 is 0 Å². The Bertz CT molecular complexity index is 293. The summed E-state index contributed by atoms with van der Waals surface area (Å²) >= 11 is 0. The molecule has 2 aliphatic rings. The minimum atomic E-state index is 0.545. The Balaban J connectivity index is 2.20. The molecule has 1 saturated carbocycles. The second-order valence-electron chi connectivity index (χ2n) is 6.39. The van der Waals surface area contributed by atoms with Gasteiger partial charge in [0.25, 0.3) is 0 Å². The van der Waals surface area contributed by atoms with Crippen molar-refractivity contribution in [3.63, 3.8) is 0 Å². The van der Waals surface area contributed by atoms with Crippen LogP contribution < -0.4 is 0 Å². The summed E-state index contributed by atoms with van der Waals surface area (Å²) in [6, 6.07) is 0. The van der Waals surface area contributed by atoms with E-state index in [0.717, 1.165) is 11.8 Å². The van der Waals surface area contributed by atoms with Crippen molar-refractivity contribution in [2.24, 2.45) is 17.3 Å². The second kappa shape index (κ2) is 3.81.